The number of aryl methyl sites for hydroxylation is 1. The summed E-state index contributed by atoms with van der Waals surface area (Å²) in [5.74, 6) is 0. The van der Waals surface area contributed by atoms with Crippen LogP contribution in [-0.4, -0.2) is 6.61 Å². The lowest BCUT2D eigenvalue weighted by Gasteiger charge is -2.48. The molecule has 0 saturated heterocycles. The fourth-order valence-corrected chi connectivity index (χ4v) is 4.81. The van der Waals surface area contributed by atoms with Gasteiger partial charge in [-0.25, -0.2) is 0 Å². The van der Waals surface area contributed by atoms with Crippen molar-refractivity contribution in [1.29, 1.82) is 0 Å². The van der Waals surface area contributed by atoms with Crippen molar-refractivity contribution in [3.8, 4) is 0 Å². The average Bonchev–Trinajstić information content (AvgIpc) is 2.86. The van der Waals surface area contributed by atoms with Gasteiger partial charge < -0.3 is 4.74 Å². The number of rotatable bonds is 8. The third-order valence-electron chi connectivity index (χ3n) is 7.13. The molecule has 162 valence electrons. The molecule has 0 heterocycles. The van der Waals surface area contributed by atoms with Crippen LogP contribution in [-0.2, 0) is 22.2 Å². The smallest absolute Gasteiger partial charge is 0.0719 e. The third kappa shape index (κ3) is 4.13. The zero-order chi connectivity index (χ0) is 22.4. The summed E-state index contributed by atoms with van der Waals surface area (Å²) in [6, 6.07) is 41.0. The van der Waals surface area contributed by atoms with Gasteiger partial charge in [0.2, 0.25) is 0 Å². The molecule has 1 unspecified atom stereocenters. The Morgan fingerprint density at radius 2 is 1.00 bits per heavy atom. The Morgan fingerprint density at radius 3 is 1.50 bits per heavy atom. The van der Waals surface area contributed by atoms with Gasteiger partial charge in [0.15, 0.2) is 0 Å². The van der Waals surface area contributed by atoms with E-state index in [4.69, 9.17) is 4.74 Å². The van der Waals surface area contributed by atoms with Crippen LogP contribution in [0.15, 0.2) is 115 Å². The lowest BCUT2D eigenvalue weighted by molar-refractivity contribution is 0.0523. The molecule has 0 aliphatic rings. The molecule has 0 aliphatic heterocycles. The van der Waals surface area contributed by atoms with Crippen LogP contribution in [0.2, 0.25) is 0 Å². The van der Waals surface area contributed by atoms with Crippen molar-refractivity contribution in [3.05, 3.63) is 143 Å². The van der Waals surface area contributed by atoms with E-state index in [0.717, 1.165) is 0 Å². The summed E-state index contributed by atoms with van der Waals surface area (Å²) in [6.45, 7) is 8.06. The second-order valence-electron chi connectivity index (χ2n) is 8.97. The first-order valence-corrected chi connectivity index (χ1v) is 11.3. The maximum atomic E-state index is 6.51. The van der Waals surface area contributed by atoms with Crippen molar-refractivity contribution in [3.63, 3.8) is 0 Å². The first-order valence-electron chi connectivity index (χ1n) is 11.3. The lowest BCUT2D eigenvalue weighted by Crippen LogP contribution is -2.49. The molecule has 0 N–H and O–H groups in total. The summed E-state index contributed by atoms with van der Waals surface area (Å²) in [4.78, 5) is 0. The Kier molecular flexibility index (Phi) is 6.58. The SMILES string of the molecule is Cc1ccccc1COCC(C)(c1ccccc1)C(C)(c1ccccc1)c1ccccc1. The number of hydrogen-bond acceptors (Lipinski definition) is 1. The standard InChI is InChI=1S/C31H32O/c1-25-15-13-14-16-26(25)23-32-24-30(2,27-17-7-4-8-18-27)31(3,28-19-9-5-10-20-28)29-21-11-6-12-22-29/h4-22H,23-24H2,1-3H3. The fraction of sp³-hybridized carbons (Fsp3) is 0.226. The van der Waals surface area contributed by atoms with Gasteiger partial charge in [0.05, 0.1) is 13.2 Å². The van der Waals surface area contributed by atoms with Crippen LogP contribution < -0.4 is 0 Å². The van der Waals surface area contributed by atoms with Crippen molar-refractivity contribution in [2.75, 3.05) is 6.61 Å². The first-order chi connectivity index (χ1) is 15.6. The minimum Gasteiger partial charge on any atom is -0.376 e. The number of hydrogen-bond donors (Lipinski definition) is 0. The molecular weight excluding hydrogens is 388 g/mol. The molecule has 4 aromatic carbocycles. The van der Waals surface area contributed by atoms with Gasteiger partial charge in [0.1, 0.15) is 0 Å². The predicted octanol–water partition coefficient (Wildman–Crippen LogP) is 7.48. The summed E-state index contributed by atoms with van der Waals surface area (Å²) in [6.07, 6.45) is 0. The van der Waals surface area contributed by atoms with E-state index in [1.54, 1.807) is 0 Å². The van der Waals surface area contributed by atoms with Crippen molar-refractivity contribution in [2.24, 2.45) is 0 Å². The second-order valence-corrected chi connectivity index (χ2v) is 8.97. The molecule has 1 atom stereocenters. The van der Waals surface area contributed by atoms with Gasteiger partial charge in [-0.1, -0.05) is 129 Å². The van der Waals surface area contributed by atoms with Crippen LogP contribution in [0, 0.1) is 6.92 Å². The van der Waals surface area contributed by atoms with E-state index in [1.165, 1.54) is 27.8 Å². The second kappa shape index (κ2) is 9.54. The van der Waals surface area contributed by atoms with Crippen LogP contribution in [0.3, 0.4) is 0 Å². The van der Waals surface area contributed by atoms with Gasteiger partial charge in [-0.05, 0) is 34.7 Å². The highest BCUT2D eigenvalue weighted by atomic mass is 16.5. The van der Waals surface area contributed by atoms with E-state index in [9.17, 15) is 0 Å². The van der Waals surface area contributed by atoms with Crippen molar-refractivity contribution >= 4 is 0 Å². The summed E-state index contributed by atoms with van der Waals surface area (Å²) in [7, 11) is 0. The minimum absolute atomic E-state index is 0.289. The summed E-state index contributed by atoms with van der Waals surface area (Å²) in [5.41, 5.74) is 5.78. The molecule has 32 heavy (non-hydrogen) atoms. The van der Waals surface area contributed by atoms with E-state index in [1.807, 2.05) is 0 Å². The van der Waals surface area contributed by atoms with Crippen molar-refractivity contribution in [1.82, 2.24) is 0 Å². The minimum atomic E-state index is -0.292. The Hall–Kier alpha value is -3.16. The zero-order valence-corrected chi connectivity index (χ0v) is 19.3. The van der Waals surface area contributed by atoms with Crippen LogP contribution in [0.4, 0.5) is 0 Å². The topological polar surface area (TPSA) is 9.23 Å². The van der Waals surface area contributed by atoms with Crippen molar-refractivity contribution < 1.29 is 4.74 Å². The molecule has 1 nitrogen and oxygen atoms in total. The van der Waals surface area contributed by atoms with Gasteiger partial charge >= 0.3 is 0 Å². The van der Waals surface area contributed by atoms with E-state index in [2.05, 4.69) is 136 Å². The summed E-state index contributed by atoms with van der Waals surface area (Å²) in [5, 5.41) is 0. The van der Waals surface area contributed by atoms with E-state index in [-0.39, 0.29) is 10.8 Å². The van der Waals surface area contributed by atoms with Gasteiger partial charge in [-0.15, -0.1) is 0 Å². The number of ether oxygens (including phenoxy) is 1. The molecule has 4 aromatic rings. The van der Waals surface area contributed by atoms with Gasteiger partial charge in [-0.2, -0.15) is 0 Å². The Bertz CT molecular complexity index is 1080. The molecule has 0 amide bonds. The largest absolute Gasteiger partial charge is 0.376 e. The van der Waals surface area contributed by atoms with Gasteiger partial charge in [0.25, 0.3) is 0 Å². The van der Waals surface area contributed by atoms with Crippen LogP contribution in [0.25, 0.3) is 0 Å². The molecule has 0 aromatic heterocycles. The lowest BCUT2D eigenvalue weighted by atomic mass is 9.56. The zero-order valence-electron chi connectivity index (χ0n) is 19.3. The Balaban J connectivity index is 1.81. The molecular formula is C31H32O. The van der Waals surface area contributed by atoms with Crippen LogP contribution >= 0.6 is 0 Å². The highest BCUT2D eigenvalue weighted by Gasteiger charge is 2.48. The molecule has 0 saturated carbocycles. The van der Waals surface area contributed by atoms with Gasteiger partial charge in [-0.3, -0.25) is 0 Å². The van der Waals surface area contributed by atoms with Crippen LogP contribution in [0.1, 0.15) is 41.7 Å². The van der Waals surface area contributed by atoms with E-state index in [0.29, 0.717) is 13.2 Å². The predicted molar refractivity (Wildman–Crippen MR) is 134 cm³/mol. The van der Waals surface area contributed by atoms with Gasteiger partial charge in [0, 0.05) is 10.8 Å². The molecule has 0 fully saturated rings. The summed E-state index contributed by atoms with van der Waals surface area (Å²) < 4.78 is 6.51. The summed E-state index contributed by atoms with van der Waals surface area (Å²) >= 11 is 0. The normalized spacial score (nSPS) is 13.5. The maximum absolute atomic E-state index is 6.51. The Morgan fingerprint density at radius 1 is 0.562 bits per heavy atom. The van der Waals surface area contributed by atoms with Crippen LogP contribution in [0.5, 0.6) is 0 Å². The highest BCUT2D eigenvalue weighted by Crippen LogP contribution is 2.49. The number of benzene rings is 4. The molecule has 0 aliphatic carbocycles. The first kappa shape index (κ1) is 22.0. The fourth-order valence-electron chi connectivity index (χ4n) is 4.81. The van der Waals surface area contributed by atoms with Crippen molar-refractivity contribution in [2.45, 2.75) is 38.2 Å². The molecule has 0 spiro atoms. The molecule has 0 radical (unpaired) electrons. The Labute approximate surface area is 192 Å². The quantitative estimate of drug-likeness (QED) is 0.287. The molecule has 1 heteroatoms. The third-order valence-corrected chi connectivity index (χ3v) is 7.13. The average molecular weight is 421 g/mol. The van der Waals surface area contributed by atoms with E-state index < -0.39 is 0 Å². The van der Waals surface area contributed by atoms with E-state index >= 15 is 0 Å². The molecule has 0 bridgehead atoms. The molecule has 4 rings (SSSR count). The highest BCUT2D eigenvalue weighted by molar-refractivity contribution is 5.47. The monoisotopic (exact) mass is 420 g/mol. The maximum Gasteiger partial charge on any atom is 0.0719 e.